The summed E-state index contributed by atoms with van der Waals surface area (Å²) in [5.74, 6) is -1.18. The van der Waals surface area contributed by atoms with Crippen LogP contribution in [0, 0.1) is 18.6 Å². The summed E-state index contributed by atoms with van der Waals surface area (Å²) in [7, 11) is 0. The van der Waals surface area contributed by atoms with Gasteiger partial charge in [-0.05, 0) is 19.1 Å². The van der Waals surface area contributed by atoms with E-state index < -0.39 is 11.6 Å². The van der Waals surface area contributed by atoms with Crippen molar-refractivity contribution in [2.75, 3.05) is 0 Å². The van der Waals surface area contributed by atoms with E-state index in [0.29, 0.717) is 5.69 Å². The monoisotopic (exact) mass is 194 g/mol. The molecule has 0 spiro atoms. The molecule has 0 saturated carbocycles. The quantitative estimate of drug-likeness (QED) is 0.681. The topological polar surface area (TPSA) is 17.8 Å². The molecule has 14 heavy (non-hydrogen) atoms. The normalized spacial score (nSPS) is 10.5. The Labute approximate surface area is 79.8 Å². The van der Waals surface area contributed by atoms with Gasteiger partial charge >= 0.3 is 0 Å². The van der Waals surface area contributed by atoms with Crippen molar-refractivity contribution in [2.45, 2.75) is 6.92 Å². The summed E-state index contributed by atoms with van der Waals surface area (Å²) < 4.78 is 27.4. The van der Waals surface area contributed by atoms with E-state index in [9.17, 15) is 8.78 Å². The third kappa shape index (κ3) is 1.51. The van der Waals surface area contributed by atoms with Gasteiger partial charge in [0.25, 0.3) is 0 Å². The molecule has 0 aliphatic heterocycles. The number of hydrogen-bond acceptors (Lipinski definition) is 1. The highest BCUT2D eigenvalue weighted by atomic mass is 19.1. The molecular weight excluding hydrogens is 186 g/mol. The summed E-state index contributed by atoms with van der Waals surface area (Å²) in [5.41, 5.74) is 1.08. The minimum Gasteiger partial charge on any atom is -0.303 e. The van der Waals surface area contributed by atoms with Crippen LogP contribution in [0.5, 0.6) is 0 Å². The second-order valence-electron chi connectivity index (χ2n) is 3.02. The van der Waals surface area contributed by atoms with E-state index in [1.807, 2.05) is 0 Å². The highest BCUT2D eigenvalue weighted by Gasteiger charge is 2.05. The number of aromatic nitrogens is 2. The molecule has 1 heterocycles. The summed E-state index contributed by atoms with van der Waals surface area (Å²) in [4.78, 5) is 3.96. The zero-order chi connectivity index (χ0) is 10.1. The number of rotatable bonds is 1. The molecule has 72 valence electrons. The first-order valence-electron chi connectivity index (χ1n) is 4.13. The Morgan fingerprint density at radius 3 is 2.64 bits per heavy atom. The van der Waals surface area contributed by atoms with Crippen molar-refractivity contribution in [3.63, 3.8) is 0 Å². The van der Waals surface area contributed by atoms with E-state index in [2.05, 4.69) is 4.98 Å². The zero-order valence-electron chi connectivity index (χ0n) is 7.54. The lowest BCUT2D eigenvalue weighted by Gasteiger charge is -2.02. The highest BCUT2D eigenvalue weighted by molar-refractivity contribution is 5.34. The molecule has 0 aliphatic rings. The fourth-order valence-electron chi connectivity index (χ4n) is 1.24. The predicted octanol–water partition coefficient (Wildman–Crippen LogP) is 2.46. The summed E-state index contributed by atoms with van der Waals surface area (Å²) >= 11 is 0. The first-order valence-corrected chi connectivity index (χ1v) is 4.13. The summed E-state index contributed by atoms with van der Waals surface area (Å²) in [6.45, 7) is 1.80. The third-order valence-electron chi connectivity index (χ3n) is 1.90. The van der Waals surface area contributed by atoms with Crippen LogP contribution in [0.2, 0.25) is 0 Å². The van der Waals surface area contributed by atoms with E-state index in [1.54, 1.807) is 13.1 Å². The fraction of sp³-hybridized carbons (Fsp3) is 0.100. The molecule has 0 unspecified atom stereocenters. The van der Waals surface area contributed by atoms with Gasteiger partial charge in [0.05, 0.1) is 17.7 Å². The Hall–Kier alpha value is -1.71. The second-order valence-corrected chi connectivity index (χ2v) is 3.02. The van der Waals surface area contributed by atoms with Crippen molar-refractivity contribution in [3.05, 3.63) is 48.1 Å². The molecular formula is C10H8F2N2. The lowest BCUT2D eigenvalue weighted by atomic mass is 10.3. The van der Waals surface area contributed by atoms with Crippen molar-refractivity contribution in [1.29, 1.82) is 0 Å². The van der Waals surface area contributed by atoms with Gasteiger partial charge in [-0.1, -0.05) is 0 Å². The van der Waals surface area contributed by atoms with Crippen LogP contribution in [0.1, 0.15) is 5.69 Å². The number of aryl methyl sites for hydroxylation is 1. The van der Waals surface area contributed by atoms with Gasteiger partial charge in [0.1, 0.15) is 11.6 Å². The Morgan fingerprint density at radius 1 is 1.29 bits per heavy atom. The minimum atomic E-state index is -0.595. The summed E-state index contributed by atoms with van der Waals surface area (Å²) in [6.07, 6.45) is 3.17. The molecule has 1 aromatic carbocycles. The molecule has 4 heteroatoms. The minimum absolute atomic E-state index is 0.298. The first kappa shape index (κ1) is 8.87. The molecule has 0 radical (unpaired) electrons. The number of imidazole rings is 1. The Balaban J connectivity index is 2.52. The van der Waals surface area contributed by atoms with Crippen molar-refractivity contribution in [3.8, 4) is 5.69 Å². The lowest BCUT2D eigenvalue weighted by molar-refractivity contribution is 0.578. The van der Waals surface area contributed by atoms with Crippen LogP contribution < -0.4 is 0 Å². The van der Waals surface area contributed by atoms with Crippen LogP contribution in [0.3, 0.4) is 0 Å². The molecule has 0 atom stereocenters. The van der Waals surface area contributed by atoms with Crippen molar-refractivity contribution in [2.24, 2.45) is 0 Å². The average Bonchev–Trinajstić information content (AvgIpc) is 2.51. The smallest absolute Gasteiger partial charge is 0.150 e. The van der Waals surface area contributed by atoms with E-state index in [0.717, 1.165) is 11.8 Å². The largest absolute Gasteiger partial charge is 0.303 e. The molecule has 2 rings (SSSR count). The van der Waals surface area contributed by atoms with Gasteiger partial charge in [-0.2, -0.15) is 0 Å². The number of benzene rings is 1. The van der Waals surface area contributed by atoms with Gasteiger partial charge in [0.15, 0.2) is 0 Å². The average molecular weight is 194 g/mol. The van der Waals surface area contributed by atoms with Gasteiger partial charge in [-0.25, -0.2) is 13.8 Å². The van der Waals surface area contributed by atoms with Crippen molar-refractivity contribution in [1.82, 2.24) is 9.55 Å². The van der Waals surface area contributed by atoms with Crippen molar-refractivity contribution >= 4 is 0 Å². The second kappa shape index (κ2) is 3.21. The Bertz CT molecular complexity index is 463. The van der Waals surface area contributed by atoms with Crippen LogP contribution in [0.25, 0.3) is 5.69 Å². The highest BCUT2D eigenvalue weighted by Crippen LogP contribution is 2.14. The predicted molar refractivity (Wildman–Crippen MR) is 48.2 cm³/mol. The number of hydrogen-bond donors (Lipinski definition) is 0. The van der Waals surface area contributed by atoms with E-state index in [1.165, 1.54) is 23.0 Å². The van der Waals surface area contributed by atoms with Gasteiger partial charge in [0, 0.05) is 12.3 Å². The van der Waals surface area contributed by atoms with Crippen LogP contribution in [-0.4, -0.2) is 9.55 Å². The molecule has 0 saturated heterocycles. The molecule has 2 aromatic rings. The van der Waals surface area contributed by atoms with Crippen LogP contribution >= 0.6 is 0 Å². The first-order chi connectivity index (χ1) is 6.66. The van der Waals surface area contributed by atoms with E-state index in [4.69, 9.17) is 0 Å². The lowest BCUT2D eigenvalue weighted by Crippen LogP contribution is -1.94. The molecule has 0 N–H and O–H groups in total. The fourth-order valence-corrected chi connectivity index (χ4v) is 1.24. The Morgan fingerprint density at radius 2 is 2.07 bits per heavy atom. The summed E-state index contributed by atoms with van der Waals surface area (Å²) in [6, 6.07) is 3.45. The SMILES string of the molecule is Cc1cn(-c2ccc(F)cc2F)cn1. The van der Waals surface area contributed by atoms with Gasteiger partial charge in [-0.3, -0.25) is 0 Å². The third-order valence-corrected chi connectivity index (χ3v) is 1.90. The Kier molecular flexibility index (Phi) is 2.04. The zero-order valence-corrected chi connectivity index (χ0v) is 7.54. The van der Waals surface area contributed by atoms with E-state index >= 15 is 0 Å². The van der Waals surface area contributed by atoms with Gasteiger partial charge in [0.2, 0.25) is 0 Å². The molecule has 1 aromatic heterocycles. The maximum absolute atomic E-state index is 13.3. The molecule has 0 aliphatic carbocycles. The van der Waals surface area contributed by atoms with Gasteiger partial charge in [-0.15, -0.1) is 0 Å². The van der Waals surface area contributed by atoms with Crippen molar-refractivity contribution < 1.29 is 8.78 Å². The number of halogens is 2. The van der Waals surface area contributed by atoms with Crippen LogP contribution in [0.4, 0.5) is 8.78 Å². The summed E-state index contributed by atoms with van der Waals surface area (Å²) in [5, 5.41) is 0. The maximum atomic E-state index is 13.3. The van der Waals surface area contributed by atoms with Crippen LogP contribution in [0.15, 0.2) is 30.7 Å². The van der Waals surface area contributed by atoms with Crippen LogP contribution in [-0.2, 0) is 0 Å². The molecule has 0 amide bonds. The number of nitrogens with zero attached hydrogens (tertiary/aromatic N) is 2. The van der Waals surface area contributed by atoms with E-state index in [-0.39, 0.29) is 0 Å². The van der Waals surface area contributed by atoms with Gasteiger partial charge < -0.3 is 4.57 Å². The molecule has 0 bridgehead atoms. The maximum Gasteiger partial charge on any atom is 0.150 e. The molecule has 0 fully saturated rings. The molecule has 2 nitrogen and oxygen atoms in total. The standard InChI is InChI=1S/C10H8F2N2/c1-7-5-14(6-13-7)10-3-2-8(11)4-9(10)12/h2-6H,1H3.